The lowest BCUT2D eigenvalue weighted by molar-refractivity contribution is -0.113. The molecule has 7 nitrogen and oxygen atoms in total. The van der Waals surface area contributed by atoms with Crippen molar-refractivity contribution in [3.63, 3.8) is 0 Å². The van der Waals surface area contributed by atoms with E-state index in [-0.39, 0.29) is 24.3 Å². The highest BCUT2D eigenvalue weighted by molar-refractivity contribution is 7.99. The highest BCUT2D eigenvalue weighted by Crippen LogP contribution is 2.29. The molecule has 3 aromatic carbocycles. The molecule has 0 saturated carbocycles. The van der Waals surface area contributed by atoms with Crippen LogP contribution in [0.4, 0.5) is 17.1 Å². The first-order valence-electron chi connectivity index (χ1n) is 11.1. The third-order valence-corrected chi connectivity index (χ3v) is 6.07. The summed E-state index contributed by atoms with van der Waals surface area (Å²) >= 11 is 7.23. The van der Waals surface area contributed by atoms with Crippen LogP contribution in [0, 0.1) is 0 Å². The number of para-hydroxylation sites is 2. The van der Waals surface area contributed by atoms with Crippen molar-refractivity contribution in [1.82, 2.24) is 10.2 Å². The van der Waals surface area contributed by atoms with Crippen LogP contribution in [0.2, 0.25) is 5.02 Å². The molecule has 0 radical (unpaired) electrons. The summed E-state index contributed by atoms with van der Waals surface area (Å²) in [6.07, 6.45) is 0. The molecule has 0 aliphatic rings. The molecule has 0 atom stereocenters. The number of carbonyl (C=O) groups is 1. The van der Waals surface area contributed by atoms with Gasteiger partial charge in [0.2, 0.25) is 5.91 Å². The molecule has 0 saturated heterocycles. The van der Waals surface area contributed by atoms with Crippen LogP contribution < -0.4 is 15.0 Å². The fourth-order valence-corrected chi connectivity index (χ4v) is 4.19. The van der Waals surface area contributed by atoms with Gasteiger partial charge in [0.15, 0.2) is 6.61 Å². The Bertz CT molecular complexity index is 1250. The first-order valence-corrected chi connectivity index (χ1v) is 12.4. The number of rotatable bonds is 10. The smallest absolute Gasteiger partial charge is 0.277 e. The molecular weight excluding hydrogens is 484 g/mol. The Kier molecular flexibility index (Phi) is 8.28. The van der Waals surface area contributed by atoms with Crippen molar-refractivity contribution >= 4 is 46.3 Å². The minimum absolute atomic E-state index is 0.0895. The van der Waals surface area contributed by atoms with Gasteiger partial charge in [-0.2, -0.15) is 0 Å². The minimum atomic E-state index is -0.168. The van der Waals surface area contributed by atoms with E-state index in [2.05, 4.69) is 46.4 Å². The van der Waals surface area contributed by atoms with Crippen molar-refractivity contribution in [3.05, 3.63) is 89.8 Å². The number of aromatic nitrogens is 2. The molecule has 0 bridgehead atoms. The van der Waals surface area contributed by atoms with Crippen LogP contribution in [0.1, 0.15) is 19.7 Å². The normalized spacial score (nSPS) is 10.9. The molecule has 1 amide bonds. The van der Waals surface area contributed by atoms with Crippen molar-refractivity contribution in [3.8, 4) is 5.75 Å². The number of hydrogen-bond acceptors (Lipinski definition) is 7. The number of nitrogens with zero attached hydrogens (tertiary/aromatic N) is 3. The number of ether oxygens (including phenoxy) is 1. The maximum atomic E-state index is 12.4. The van der Waals surface area contributed by atoms with Crippen LogP contribution in [-0.2, 0) is 11.4 Å². The third kappa shape index (κ3) is 6.77. The molecule has 1 N–H and O–H groups in total. The van der Waals surface area contributed by atoms with E-state index in [1.54, 1.807) is 12.1 Å². The number of benzene rings is 3. The van der Waals surface area contributed by atoms with E-state index in [1.165, 1.54) is 0 Å². The maximum absolute atomic E-state index is 12.4. The van der Waals surface area contributed by atoms with E-state index < -0.39 is 0 Å². The second-order valence-corrected chi connectivity index (χ2v) is 9.20. The van der Waals surface area contributed by atoms with Gasteiger partial charge in [-0.3, -0.25) is 4.79 Å². The standard InChI is InChI=1S/C26H25ClN4O3S/c1-18(2)31(20-8-4-3-5-9-20)21-14-12-19(13-15-21)28-24(32)17-35-26-30-29-25(34-26)16-33-23-11-7-6-10-22(23)27/h3-15,18H,16-17H2,1-2H3,(H,28,32). The first kappa shape index (κ1) is 24.6. The predicted octanol–water partition coefficient (Wildman–Crippen LogP) is 6.58. The zero-order chi connectivity index (χ0) is 24.6. The van der Waals surface area contributed by atoms with E-state index in [0.717, 1.165) is 28.8 Å². The van der Waals surface area contributed by atoms with Gasteiger partial charge >= 0.3 is 0 Å². The highest BCUT2D eigenvalue weighted by Gasteiger charge is 2.14. The number of carbonyl (C=O) groups excluding carboxylic acids is 1. The Labute approximate surface area is 213 Å². The van der Waals surface area contributed by atoms with Crippen molar-refractivity contribution in [2.45, 2.75) is 31.7 Å². The van der Waals surface area contributed by atoms with E-state index in [4.69, 9.17) is 20.8 Å². The summed E-state index contributed by atoms with van der Waals surface area (Å²) in [5.41, 5.74) is 2.89. The van der Waals surface area contributed by atoms with Crippen LogP contribution in [0.15, 0.2) is 88.5 Å². The molecule has 35 heavy (non-hydrogen) atoms. The highest BCUT2D eigenvalue weighted by atomic mass is 35.5. The van der Waals surface area contributed by atoms with Crippen molar-refractivity contribution in [1.29, 1.82) is 0 Å². The summed E-state index contributed by atoms with van der Waals surface area (Å²) in [5.74, 6) is 0.805. The molecule has 0 fully saturated rings. The fourth-order valence-electron chi connectivity index (χ4n) is 3.42. The largest absolute Gasteiger partial charge is 0.482 e. The summed E-state index contributed by atoms with van der Waals surface area (Å²) < 4.78 is 11.1. The Hall–Kier alpha value is -3.49. The van der Waals surface area contributed by atoms with Crippen molar-refractivity contribution < 1.29 is 13.9 Å². The van der Waals surface area contributed by atoms with Crippen LogP contribution in [-0.4, -0.2) is 27.9 Å². The molecular formula is C26H25ClN4O3S. The maximum Gasteiger partial charge on any atom is 0.277 e. The third-order valence-electron chi connectivity index (χ3n) is 4.94. The summed E-state index contributed by atoms with van der Waals surface area (Å²) in [4.78, 5) is 14.7. The molecule has 0 aliphatic carbocycles. The van der Waals surface area contributed by atoms with Gasteiger partial charge < -0.3 is 19.4 Å². The van der Waals surface area contributed by atoms with Crippen molar-refractivity contribution in [2.24, 2.45) is 0 Å². The number of thioether (sulfide) groups is 1. The molecule has 1 heterocycles. The molecule has 180 valence electrons. The van der Waals surface area contributed by atoms with Gasteiger partial charge in [-0.05, 0) is 62.4 Å². The Balaban J connectivity index is 1.28. The van der Waals surface area contributed by atoms with E-state index in [0.29, 0.717) is 21.9 Å². The van der Waals surface area contributed by atoms with Gasteiger partial charge in [0.05, 0.1) is 10.8 Å². The topological polar surface area (TPSA) is 80.5 Å². The van der Waals surface area contributed by atoms with Gasteiger partial charge in [0.1, 0.15) is 5.75 Å². The van der Waals surface area contributed by atoms with Gasteiger partial charge in [-0.15, -0.1) is 10.2 Å². The SMILES string of the molecule is CC(C)N(c1ccccc1)c1ccc(NC(=O)CSc2nnc(COc3ccccc3Cl)o2)cc1. The molecule has 4 rings (SSSR count). The Morgan fingerprint density at radius 1 is 1.00 bits per heavy atom. The first-order chi connectivity index (χ1) is 17.0. The lowest BCUT2D eigenvalue weighted by Gasteiger charge is -2.29. The molecule has 0 spiro atoms. The number of amides is 1. The molecule has 0 aliphatic heterocycles. The molecule has 1 aromatic heterocycles. The number of anilines is 3. The number of nitrogens with one attached hydrogen (secondary N) is 1. The van der Waals surface area contributed by atoms with Crippen LogP contribution in [0.3, 0.4) is 0 Å². The molecule has 0 unspecified atom stereocenters. The second kappa shape index (κ2) is 11.8. The minimum Gasteiger partial charge on any atom is -0.482 e. The molecule has 9 heteroatoms. The predicted molar refractivity (Wildman–Crippen MR) is 140 cm³/mol. The van der Waals surface area contributed by atoms with Crippen LogP contribution in [0.25, 0.3) is 0 Å². The van der Waals surface area contributed by atoms with Gasteiger partial charge in [0.25, 0.3) is 11.1 Å². The zero-order valence-corrected chi connectivity index (χ0v) is 20.9. The van der Waals surface area contributed by atoms with E-state index in [9.17, 15) is 4.79 Å². The average molecular weight is 509 g/mol. The summed E-state index contributed by atoms with van der Waals surface area (Å²) in [7, 11) is 0. The van der Waals surface area contributed by atoms with Crippen LogP contribution in [0.5, 0.6) is 5.75 Å². The second-order valence-electron chi connectivity index (χ2n) is 7.86. The Morgan fingerprint density at radius 3 is 2.40 bits per heavy atom. The summed E-state index contributed by atoms with van der Waals surface area (Å²) in [5, 5.41) is 11.6. The van der Waals surface area contributed by atoms with Crippen LogP contribution >= 0.6 is 23.4 Å². The Morgan fingerprint density at radius 2 is 1.69 bits per heavy atom. The van der Waals surface area contributed by atoms with E-state index in [1.807, 2.05) is 54.6 Å². The summed E-state index contributed by atoms with van der Waals surface area (Å²) in [6, 6.07) is 25.4. The molecule has 4 aromatic rings. The quantitative estimate of drug-likeness (QED) is 0.242. The monoisotopic (exact) mass is 508 g/mol. The van der Waals surface area contributed by atoms with E-state index >= 15 is 0 Å². The fraction of sp³-hybridized carbons (Fsp3) is 0.192. The summed E-state index contributed by atoms with van der Waals surface area (Å²) in [6.45, 7) is 4.38. The number of halogens is 1. The van der Waals surface area contributed by atoms with Gasteiger partial charge in [-0.1, -0.05) is 53.7 Å². The lowest BCUT2D eigenvalue weighted by atomic mass is 10.2. The van der Waals surface area contributed by atoms with Gasteiger partial charge in [-0.25, -0.2) is 0 Å². The average Bonchev–Trinajstić information content (AvgIpc) is 3.32. The lowest BCUT2D eigenvalue weighted by Crippen LogP contribution is -2.25. The van der Waals surface area contributed by atoms with Crippen molar-refractivity contribution in [2.75, 3.05) is 16.0 Å². The number of hydrogen-bond donors (Lipinski definition) is 1. The zero-order valence-electron chi connectivity index (χ0n) is 19.3. The van der Waals surface area contributed by atoms with Gasteiger partial charge in [0, 0.05) is 23.1 Å².